The number of benzene rings is 1. The Morgan fingerprint density at radius 2 is 1.94 bits per heavy atom. The van der Waals surface area contributed by atoms with Crippen LogP contribution in [0.2, 0.25) is 0 Å². The normalized spacial score (nSPS) is 16.1. The predicted molar refractivity (Wildman–Crippen MR) is 67.6 cm³/mol. The van der Waals surface area contributed by atoms with Crippen LogP contribution in [0.1, 0.15) is 31.4 Å². The van der Waals surface area contributed by atoms with Gasteiger partial charge in [-0.2, -0.15) is 0 Å². The Kier molecular flexibility index (Phi) is 4.33. The van der Waals surface area contributed by atoms with Crippen LogP contribution in [0.15, 0.2) is 24.3 Å². The van der Waals surface area contributed by atoms with Gasteiger partial charge in [-0.3, -0.25) is 4.79 Å². The van der Waals surface area contributed by atoms with Gasteiger partial charge in [0, 0.05) is 17.6 Å². The Morgan fingerprint density at radius 3 is 2.38 bits per heavy atom. The van der Waals surface area contributed by atoms with E-state index in [-0.39, 0.29) is 30.3 Å². The third-order valence-electron chi connectivity index (χ3n) is 2.65. The number of halogens is 1. The molecule has 3 N–H and O–H groups in total. The van der Waals surface area contributed by atoms with Gasteiger partial charge in [0.1, 0.15) is 0 Å². The highest BCUT2D eigenvalue weighted by Gasteiger charge is 2.29. The molecule has 0 heterocycles. The molecule has 0 bridgehead atoms. The lowest BCUT2D eigenvalue weighted by atomic mass is 10.1. The first kappa shape index (κ1) is 13.0. The van der Waals surface area contributed by atoms with Gasteiger partial charge in [0.25, 0.3) is 0 Å². The van der Waals surface area contributed by atoms with Gasteiger partial charge in [0.15, 0.2) is 0 Å². The number of hydrogen-bond donors (Lipinski definition) is 2. The summed E-state index contributed by atoms with van der Waals surface area (Å²) in [7, 11) is 0. The van der Waals surface area contributed by atoms with Crippen molar-refractivity contribution in [3.05, 3.63) is 29.8 Å². The molecule has 1 fully saturated rings. The number of carbonyl (C=O) groups is 1. The molecule has 1 aromatic carbocycles. The lowest BCUT2D eigenvalue weighted by Gasteiger charge is -2.07. The second kappa shape index (κ2) is 5.32. The molecule has 1 saturated carbocycles. The lowest BCUT2D eigenvalue weighted by Crippen LogP contribution is -2.13. The molecule has 1 aromatic rings. The summed E-state index contributed by atoms with van der Waals surface area (Å²) < 4.78 is 0. The zero-order valence-corrected chi connectivity index (χ0v) is 10.1. The van der Waals surface area contributed by atoms with E-state index in [0.29, 0.717) is 0 Å². The first-order chi connectivity index (χ1) is 7.16. The van der Waals surface area contributed by atoms with Crippen LogP contribution in [-0.4, -0.2) is 5.91 Å². The Morgan fingerprint density at radius 1 is 1.38 bits per heavy atom. The van der Waals surface area contributed by atoms with E-state index in [4.69, 9.17) is 5.73 Å². The SMILES string of the molecule is CC(N)c1ccc(NC(=O)C2CC2)cc1.Cl. The zero-order valence-electron chi connectivity index (χ0n) is 9.27. The fourth-order valence-corrected chi connectivity index (χ4v) is 1.46. The van der Waals surface area contributed by atoms with E-state index in [1.807, 2.05) is 31.2 Å². The molecule has 0 spiro atoms. The maximum absolute atomic E-state index is 11.5. The van der Waals surface area contributed by atoms with E-state index in [1.54, 1.807) is 0 Å². The first-order valence-electron chi connectivity index (χ1n) is 5.33. The van der Waals surface area contributed by atoms with Crippen LogP contribution in [-0.2, 0) is 4.79 Å². The van der Waals surface area contributed by atoms with Crippen molar-refractivity contribution in [2.75, 3.05) is 5.32 Å². The number of amides is 1. The van der Waals surface area contributed by atoms with E-state index >= 15 is 0 Å². The zero-order chi connectivity index (χ0) is 10.8. The number of rotatable bonds is 3. The van der Waals surface area contributed by atoms with Crippen molar-refractivity contribution < 1.29 is 4.79 Å². The highest BCUT2D eigenvalue weighted by Crippen LogP contribution is 2.30. The maximum atomic E-state index is 11.5. The summed E-state index contributed by atoms with van der Waals surface area (Å²) in [6, 6.07) is 7.75. The van der Waals surface area contributed by atoms with Crippen LogP contribution in [0, 0.1) is 5.92 Å². The number of nitrogens with one attached hydrogen (secondary N) is 1. The summed E-state index contributed by atoms with van der Waals surface area (Å²) in [6.07, 6.45) is 2.06. The molecule has 0 radical (unpaired) electrons. The second-order valence-corrected chi connectivity index (χ2v) is 4.17. The number of nitrogens with two attached hydrogens (primary N) is 1. The number of carbonyl (C=O) groups excluding carboxylic acids is 1. The summed E-state index contributed by atoms with van der Waals surface area (Å²) in [5, 5.41) is 2.89. The molecule has 1 atom stereocenters. The van der Waals surface area contributed by atoms with Crippen molar-refractivity contribution in [1.29, 1.82) is 0 Å². The molecule has 2 rings (SSSR count). The number of anilines is 1. The highest BCUT2D eigenvalue weighted by molar-refractivity contribution is 5.93. The summed E-state index contributed by atoms with van der Waals surface area (Å²) in [5.41, 5.74) is 7.68. The standard InChI is InChI=1S/C12H16N2O.ClH/c1-8(13)9-4-6-11(7-5-9)14-12(15)10-2-3-10;/h4-8,10H,2-3,13H2,1H3,(H,14,15);1H. The van der Waals surface area contributed by atoms with Gasteiger partial charge in [0.05, 0.1) is 0 Å². The van der Waals surface area contributed by atoms with E-state index in [1.165, 1.54) is 0 Å². The van der Waals surface area contributed by atoms with Crippen LogP contribution in [0.25, 0.3) is 0 Å². The molecule has 1 aliphatic rings. The molecule has 1 aliphatic carbocycles. The van der Waals surface area contributed by atoms with Crippen LogP contribution < -0.4 is 11.1 Å². The third kappa shape index (κ3) is 3.22. The summed E-state index contributed by atoms with van der Waals surface area (Å²) >= 11 is 0. The summed E-state index contributed by atoms with van der Waals surface area (Å²) in [4.78, 5) is 11.5. The molecule has 1 amide bonds. The average Bonchev–Trinajstić information content (AvgIpc) is 3.01. The van der Waals surface area contributed by atoms with Gasteiger partial charge < -0.3 is 11.1 Å². The Balaban J connectivity index is 0.00000128. The largest absolute Gasteiger partial charge is 0.326 e. The minimum absolute atomic E-state index is 0. The molecule has 0 aromatic heterocycles. The molecular weight excluding hydrogens is 224 g/mol. The smallest absolute Gasteiger partial charge is 0.227 e. The fraction of sp³-hybridized carbons (Fsp3) is 0.417. The molecule has 16 heavy (non-hydrogen) atoms. The maximum Gasteiger partial charge on any atom is 0.227 e. The Hall–Kier alpha value is -1.06. The fourth-order valence-electron chi connectivity index (χ4n) is 1.46. The summed E-state index contributed by atoms with van der Waals surface area (Å²) in [6.45, 7) is 1.94. The molecule has 3 nitrogen and oxygen atoms in total. The highest BCUT2D eigenvalue weighted by atomic mass is 35.5. The lowest BCUT2D eigenvalue weighted by molar-refractivity contribution is -0.117. The van der Waals surface area contributed by atoms with E-state index in [9.17, 15) is 4.79 Å². The topological polar surface area (TPSA) is 55.1 Å². The van der Waals surface area contributed by atoms with Gasteiger partial charge in [-0.1, -0.05) is 12.1 Å². The van der Waals surface area contributed by atoms with Gasteiger partial charge in [-0.15, -0.1) is 12.4 Å². The third-order valence-corrected chi connectivity index (χ3v) is 2.65. The molecule has 0 saturated heterocycles. The molecular formula is C12H17ClN2O. The molecule has 4 heteroatoms. The first-order valence-corrected chi connectivity index (χ1v) is 5.33. The minimum Gasteiger partial charge on any atom is -0.326 e. The number of hydrogen-bond acceptors (Lipinski definition) is 2. The molecule has 88 valence electrons. The quantitative estimate of drug-likeness (QED) is 0.853. The summed E-state index contributed by atoms with van der Waals surface area (Å²) in [5.74, 6) is 0.390. The van der Waals surface area contributed by atoms with Gasteiger partial charge >= 0.3 is 0 Å². The Bertz CT molecular complexity index is 358. The van der Waals surface area contributed by atoms with Crippen molar-refractivity contribution in [2.24, 2.45) is 11.7 Å². The van der Waals surface area contributed by atoms with Crippen LogP contribution in [0.3, 0.4) is 0 Å². The van der Waals surface area contributed by atoms with Crippen molar-refractivity contribution in [3.8, 4) is 0 Å². The van der Waals surface area contributed by atoms with Crippen molar-refractivity contribution in [2.45, 2.75) is 25.8 Å². The second-order valence-electron chi connectivity index (χ2n) is 4.17. The van der Waals surface area contributed by atoms with Crippen molar-refractivity contribution >= 4 is 24.0 Å². The van der Waals surface area contributed by atoms with E-state index in [2.05, 4.69) is 5.32 Å². The van der Waals surface area contributed by atoms with Crippen LogP contribution >= 0.6 is 12.4 Å². The van der Waals surface area contributed by atoms with Gasteiger partial charge in [-0.05, 0) is 37.5 Å². The van der Waals surface area contributed by atoms with Gasteiger partial charge in [0.2, 0.25) is 5.91 Å². The average molecular weight is 241 g/mol. The predicted octanol–water partition coefficient (Wildman–Crippen LogP) is 2.48. The van der Waals surface area contributed by atoms with Crippen molar-refractivity contribution in [3.63, 3.8) is 0 Å². The van der Waals surface area contributed by atoms with Crippen molar-refractivity contribution in [1.82, 2.24) is 0 Å². The Labute approximate surface area is 102 Å². The monoisotopic (exact) mass is 240 g/mol. The van der Waals surface area contributed by atoms with Crippen LogP contribution in [0.4, 0.5) is 5.69 Å². The minimum atomic E-state index is 0. The van der Waals surface area contributed by atoms with Crippen LogP contribution in [0.5, 0.6) is 0 Å². The molecule has 0 aliphatic heterocycles. The molecule has 1 unspecified atom stereocenters. The van der Waals surface area contributed by atoms with E-state index in [0.717, 1.165) is 24.1 Å². The van der Waals surface area contributed by atoms with Gasteiger partial charge in [-0.25, -0.2) is 0 Å². The van der Waals surface area contributed by atoms with E-state index < -0.39 is 0 Å².